The minimum absolute atomic E-state index is 0.0353. The van der Waals surface area contributed by atoms with Crippen molar-refractivity contribution < 1.29 is 29.1 Å². The second-order valence-corrected chi connectivity index (χ2v) is 9.87. The van der Waals surface area contributed by atoms with Crippen LogP contribution in [-0.2, 0) is 25.5 Å². The number of fused-ring (bicyclic) bond motifs is 1. The summed E-state index contributed by atoms with van der Waals surface area (Å²) in [7, 11) is 0. The first-order valence-electron chi connectivity index (χ1n) is 11.8. The molecule has 37 heavy (non-hydrogen) atoms. The Morgan fingerprint density at radius 2 is 1.51 bits per heavy atom. The van der Waals surface area contributed by atoms with Crippen molar-refractivity contribution in [3.8, 4) is 0 Å². The number of hydrogen-bond donors (Lipinski definition) is 4. The first kappa shape index (κ1) is 27.3. The number of benzene rings is 3. The zero-order valence-electron chi connectivity index (χ0n) is 20.9. The molecule has 194 valence electrons. The molecule has 0 aliphatic heterocycles. The van der Waals surface area contributed by atoms with E-state index in [1.54, 1.807) is 45.0 Å². The van der Waals surface area contributed by atoms with E-state index >= 15 is 0 Å². The van der Waals surface area contributed by atoms with E-state index < -0.39 is 47.2 Å². The summed E-state index contributed by atoms with van der Waals surface area (Å²) in [6, 6.07) is 20.0. The lowest BCUT2D eigenvalue weighted by Crippen LogP contribution is -2.56. The first-order chi connectivity index (χ1) is 17.5. The highest BCUT2D eigenvalue weighted by molar-refractivity contribution is 5.96. The van der Waals surface area contributed by atoms with Crippen LogP contribution in [0, 0.1) is 11.3 Å². The maximum atomic E-state index is 13.6. The average molecular weight is 506 g/mol. The zero-order chi connectivity index (χ0) is 27.2. The molecule has 0 fully saturated rings. The smallest absolute Gasteiger partial charge is 0.338 e. The van der Waals surface area contributed by atoms with Crippen molar-refractivity contribution in [2.24, 2.45) is 17.1 Å². The third-order valence-electron chi connectivity index (χ3n) is 6.02. The number of ether oxygens (including phenoxy) is 1. The van der Waals surface area contributed by atoms with Gasteiger partial charge < -0.3 is 15.8 Å². The topological polar surface area (TPSA) is 148 Å². The molecule has 0 aliphatic rings. The van der Waals surface area contributed by atoms with Crippen LogP contribution in [0.5, 0.6) is 0 Å². The summed E-state index contributed by atoms with van der Waals surface area (Å²) in [6.07, 6.45) is -1.75. The van der Waals surface area contributed by atoms with Crippen LogP contribution in [-0.4, -0.2) is 41.0 Å². The summed E-state index contributed by atoms with van der Waals surface area (Å²) in [5.74, 6) is -4.73. The van der Waals surface area contributed by atoms with Crippen LogP contribution in [0.25, 0.3) is 10.8 Å². The van der Waals surface area contributed by atoms with Gasteiger partial charge in [-0.1, -0.05) is 81.4 Å². The summed E-state index contributed by atoms with van der Waals surface area (Å²) in [4.78, 5) is 51.3. The monoisotopic (exact) mass is 505 g/mol. The molecule has 5 N–H and O–H groups in total. The predicted molar refractivity (Wildman–Crippen MR) is 137 cm³/mol. The molecule has 0 aliphatic carbocycles. The normalized spacial score (nSPS) is 13.7. The quantitative estimate of drug-likeness (QED) is 0.200. The number of primary amides is 1. The molecule has 0 unspecified atom stereocenters. The second kappa shape index (κ2) is 11.7. The fraction of sp³-hybridized carbons (Fsp3) is 0.286. The van der Waals surface area contributed by atoms with Gasteiger partial charge in [0.15, 0.2) is 6.10 Å². The Hall–Kier alpha value is -4.24. The molecule has 0 aromatic heterocycles. The molecule has 9 heteroatoms. The van der Waals surface area contributed by atoms with Gasteiger partial charge in [0, 0.05) is 0 Å². The van der Waals surface area contributed by atoms with Crippen molar-refractivity contribution in [3.05, 3.63) is 83.9 Å². The maximum absolute atomic E-state index is 13.6. The molecule has 9 nitrogen and oxygen atoms in total. The molecule has 3 amide bonds. The fourth-order valence-electron chi connectivity index (χ4n) is 4.06. The highest BCUT2D eigenvalue weighted by atomic mass is 16.6. The fourth-order valence-corrected chi connectivity index (χ4v) is 4.06. The molecule has 0 heterocycles. The van der Waals surface area contributed by atoms with Gasteiger partial charge in [0.05, 0.1) is 11.5 Å². The van der Waals surface area contributed by atoms with Crippen LogP contribution < -0.4 is 16.5 Å². The molecule has 0 radical (unpaired) electrons. The van der Waals surface area contributed by atoms with Gasteiger partial charge in [-0.2, -0.15) is 0 Å². The zero-order valence-corrected chi connectivity index (χ0v) is 20.9. The molecular weight excluding hydrogens is 474 g/mol. The Bertz CT molecular complexity index is 1290. The number of amides is 3. The number of carbonyl (C=O) groups excluding carboxylic acids is 4. The highest BCUT2D eigenvalue weighted by Crippen LogP contribution is 2.24. The van der Waals surface area contributed by atoms with Crippen LogP contribution in [0.2, 0.25) is 0 Å². The van der Waals surface area contributed by atoms with Gasteiger partial charge in [-0.15, -0.1) is 0 Å². The maximum Gasteiger partial charge on any atom is 0.338 e. The number of rotatable bonds is 9. The van der Waals surface area contributed by atoms with E-state index in [1.165, 1.54) is 17.6 Å². The molecule has 0 spiro atoms. The summed E-state index contributed by atoms with van der Waals surface area (Å²) in [5, 5.41) is 13.9. The van der Waals surface area contributed by atoms with Crippen molar-refractivity contribution >= 4 is 34.5 Å². The van der Waals surface area contributed by atoms with Crippen LogP contribution in [0.4, 0.5) is 0 Å². The Labute approximate surface area is 214 Å². The van der Waals surface area contributed by atoms with E-state index in [0.29, 0.717) is 5.56 Å². The van der Waals surface area contributed by atoms with Gasteiger partial charge in [0.25, 0.3) is 5.91 Å². The van der Waals surface area contributed by atoms with Crippen LogP contribution in [0.3, 0.4) is 0 Å². The van der Waals surface area contributed by atoms with Crippen molar-refractivity contribution in [2.75, 3.05) is 0 Å². The number of hydroxylamine groups is 1. The van der Waals surface area contributed by atoms with Crippen molar-refractivity contribution in [3.63, 3.8) is 0 Å². The van der Waals surface area contributed by atoms with E-state index in [1.807, 2.05) is 36.4 Å². The number of carbonyl (C=O) groups is 4. The largest absolute Gasteiger partial charge is 0.448 e. The third kappa shape index (κ3) is 6.92. The predicted octanol–water partition coefficient (Wildman–Crippen LogP) is 2.75. The minimum Gasteiger partial charge on any atom is -0.448 e. The Morgan fingerprint density at radius 3 is 2.11 bits per heavy atom. The van der Waals surface area contributed by atoms with Gasteiger partial charge >= 0.3 is 5.97 Å². The Balaban J connectivity index is 2.01. The standard InChI is InChI=1S/C28H31N3O6/c1-28(2,3)23(24(29)32)30-25(33)21(16-17-13-14-18-9-7-8-12-20(18)15-17)22(26(34)31-36)37-27(35)19-10-5-4-6-11-19/h4-15,21-23,36H,16H2,1-3H3,(H2,29,32)(H,30,33)(H,31,34)/t21-,22+,23-/m1/s1. The van der Waals surface area contributed by atoms with E-state index in [-0.39, 0.29) is 12.0 Å². The second-order valence-electron chi connectivity index (χ2n) is 9.87. The van der Waals surface area contributed by atoms with Gasteiger partial charge in [-0.3, -0.25) is 19.6 Å². The molecule has 0 bridgehead atoms. The van der Waals surface area contributed by atoms with Gasteiger partial charge in [0.2, 0.25) is 11.8 Å². The number of esters is 1. The van der Waals surface area contributed by atoms with Gasteiger partial charge in [0.1, 0.15) is 6.04 Å². The first-order valence-corrected chi connectivity index (χ1v) is 11.8. The summed E-state index contributed by atoms with van der Waals surface area (Å²) >= 11 is 0. The molecule has 0 saturated carbocycles. The lowest BCUT2D eigenvalue weighted by molar-refractivity contribution is -0.147. The van der Waals surface area contributed by atoms with Crippen LogP contribution >= 0.6 is 0 Å². The van der Waals surface area contributed by atoms with Gasteiger partial charge in [-0.25, -0.2) is 10.3 Å². The number of nitrogens with one attached hydrogen (secondary N) is 2. The van der Waals surface area contributed by atoms with Crippen molar-refractivity contribution in [1.29, 1.82) is 0 Å². The van der Waals surface area contributed by atoms with E-state index in [4.69, 9.17) is 10.5 Å². The molecule has 3 atom stereocenters. The van der Waals surface area contributed by atoms with Crippen molar-refractivity contribution in [1.82, 2.24) is 10.8 Å². The number of nitrogens with two attached hydrogens (primary N) is 1. The van der Waals surface area contributed by atoms with Crippen molar-refractivity contribution in [2.45, 2.75) is 39.3 Å². The van der Waals surface area contributed by atoms with E-state index in [9.17, 15) is 24.4 Å². The van der Waals surface area contributed by atoms with E-state index in [0.717, 1.165) is 10.8 Å². The summed E-state index contributed by atoms with van der Waals surface area (Å²) in [6.45, 7) is 5.19. The SMILES string of the molecule is CC(C)(C)[C@H](NC(=O)[C@H](Cc1ccc2ccccc2c1)[C@H](OC(=O)c1ccccc1)C(=O)NO)C(N)=O. The van der Waals surface area contributed by atoms with Crippen LogP contribution in [0.15, 0.2) is 72.8 Å². The summed E-state index contributed by atoms with van der Waals surface area (Å²) in [5.41, 5.74) is 7.14. The average Bonchev–Trinajstić information content (AvgIpc) is 2.88. The molecular formula is C28H31N3O6. The van der Waals surface area contributed by atoms with Crippen LogP contribution in [0.1, 0.15) is 36.7 Å². The number of hydrogen-bond acceptors (Lipinski definition) is 6. The minimum atomic E-state index is -1.71. The molecule has 3 rings (SSSR count). The summed E-state index contributed by atoms with van der Waals surface area (Å²) < 4.78 is 5.47. The Morgan fingerprint density at radius 1 is 0.892 bits per heavy atom. The third-order valence-corrected chi connectivity index (χ3v) is 6.02. The lowest BCUT2D eigenvalue weighted by atomic mass is 9.85. The van der Waals surface area contributed by atoms with E-state index in [2.05, 4.69) is 5.32 Å². The highest BCUT2D eigenvalue weighted by Gasteiger charge is 2.40. The molecule has 3 aromatic carbocycles. The van der Waals surface area contributed by atoms with Gasteiger partial charge in [-0.05, 0) is 40.3 Å². The Kier molecular flexibility index (Phi) is 8.62. The lowest BCUT2D eigenvalue weighted by Gasteiger charge is -2.32. The molecule has 0 saturated heterocycles. The molecule has 3 aromatic rings.